The van der Waals surface area contributed by atoms with Crippen molar-refractivity contribution >= 4 is 17.3 Å². The molecule has 1 amide bonds. The Morgan fingerprint density at radius 1 is 1.47 bits per heavy atom. The number of rotatable bonds is 5. The fraction of sp³-hybridized carbons (Fsp3) is 0.462. The van der Waals surface area contributed by atoms with Gasteiger partial charge in [-0.05, 0) is 37.1 Å². The first-order valence-electron chi connectivity index (χ1n) is 5.88. The molecule has 0 bridgehead atoms. The third kappa shape index (κ3) is 3.98. The van der Waals surface area contributed by atoms with E-state index in [2.05, 4.69) is 5.32 Å². The second-order valence-electron chi connectivity index (χ2n) is 4.25. The predicted molar refractivity (Wildman–Crippen MR) is 72.2 cm³/mol. The third-order valence-corrected chi connectivity index (χ3v) is 2.59. The zero-order valence-electron chi connectivity index (χ0n) is 10.8. The molecule has 0 aliphatic rings. The maximum absolute atomic E-state index is 11.6. The standard InChI is InChI=1S/C13H21N3O/c1-4-7-15-13(17)9-16(3)12-6-5-11(14)8-10(12)2/h5-6,8H,4,7,9,14H2,1-3H3,(H,15,17). The molecule has 17 heavy (non-hydrogen) atoms. The smallest absolute Gasteiger partial charge is 0.239 e. The number of hydrogen-bond donors (Lipinski definition) is 2. The fourth-order valence-corrected chi connectivity index (χ4v) is 1.73. The quantitative estimate of drug-likeness (QED) is 0.761. The number of nitrogens with two attached hydrogens (primary N) is 1. The topological polar surface area (TPSA) is 58.4 Å². The Hall–Kier alpha value is -1.71. The molecule has 0 saturated heterocycles. The summed E-state index contributed by atoms with van der Waals surface area (Å²) in [6, 6.07) is 5.70. The van der Waals surface area contributed by atoms with Crippen LogP contribution in [0.15, 0.2) is 18.2 Å². The predicted octanol–water partition coefficient (Wildman–Crippen LogP) is 1.54. The van der Waals surface area contributed by atoms with Gasteiger partial charge in [-0.2, -0.15) is 0 Å². The average Bonchev–Trinajstić information content (AvgIpc) is 2.26. The molecular formula is C13H21N3O. The van der Waals surface area contributed by atoms with Gasteiger partial charge in [-0.15, -0.1) is 0 Å². The van der Waals surface area contributed by atoms with E-state index in [0.717, 1.165) is 29.9 Å². The van der Waals surface area contributed by atoms with E-state index in [9.17, 15) is 4.79 Å². The van der Waals surface area contributed by atoms with Crippen LogP contribution in [0.1, 0.15) is 18.9 Å². The molecule has 0 atom stereocenters. The minimum absolute atomic E-state index is 0.0468. The SMILES string of the molecule is CCCNC(=O)CN(C)c1ccc(N)cc1C. The lowest BCUT2D eigenvalue weighted by Crippen LogP contribution is -2.35. The maximum Gasteiger partial charge on any atom is 0.239 e. The van der Waals surface area contributed by atoms with Crippen LogP contribution in [-0.4, -0.2) is 26.0 Å². The van der Waals surface area contributed by atoms with Crippen LogP contribution in [0.4, 0.5) is 11.4 Å². The van der Waals surface area contributed by atoms with Gasteiger partial charge < -0.3 is 16.0 Å². The van der Waals surface area contributed by atoms with Gasteiger partial charge in [0.2, 0.25) is 5.91 Å². The summed E-state index contributed by atoms with van der Waals surface area (Å²) in [5.41, 5.74) is 8.55. The van der Waals surface area contributed by atoms with Gasteiger partial charge >= 0.3 is 0 Å². The van der Waals surface area contributed by atoms with Crippen molar-refractivity contribution in [3.63, 3.8) is 0 Å². The molecule has 0 spiro atoms. The molecule has 94 valence electrons. The number of nitrogens with one attached hydrogen (secondary N) is 1. The second-order valence-corrected chi connectivity index (χ2v) is 4.25. The van der Waals surface area contributed by atoms with Crippen molar-refractivity contribution in [2.45, 2.75) is 20.3 Å². The monoisotopic (exact) mass is 235 g/mol. The summed E-state index contributed by atoms with van der Waals surface area (Å²) in [7, 11) is 1.91. The number of nitrogens with zero attached hydrogens (tertiary/aromatic N) is 1. The van der Waals surface area contributed by atoms with E-state index in [1.165, 1.54) is 0 Å². The van der Waals surface area contributed by atoms with Crippen molar-refractivity contribution in [3.05, 3.63) is 23.8 Å². The molecular weight excluding hydrogens is 214 g/mol. The largest absolute Gasteiger partial charge is 0.399 e. The van der Waals surface area contributed by atoms with E-state index in [0.29, 0.717) is 6.54 Å². The Kier molecular flexibility index (Phi) is 4.82. The molecule has 3 N–H and O–H groups in total. The first kappa shape index (κ1) is 13.4. The molecule has 0 heterocycles. The highest BCUT2D eigenvalue weighted by Crippen LogP contribution is 2.20. The van der Waals surface area contributed by atoms with Gasteiger partial charge in [-0.1, -0.05) is 6.92 Å². The van der Waals surface area contributed by atoms with Gasteiger partial charge in [-0.3, -0.25) is 4.79 Å². The summed E-state index contributed by atoms with van der Waals surface area (Å²) >= 11 is 0. The molecule has 0 radical (unpaired) electrons. The number of carbonyl (C=O) groups excluding carboxylic acids is 1. The zero-order chi connectivity index (χ0) is 12.8. The van der Waals surface area contributed by atoms with Crippen LogP contribution in [0.25, 0.3) is 0 Å². The first-order valence-corrected chi connectivity index (χ1v) is 5.88. The lowest BCUT2D eigenvalue weighted by atomic mass is 10.1. The van der Waals surface area contributed by atoms with E-state index in [1.54, 1.807) is 0 Å². The average molecular weight is 235 g/mol. The second kappa shape index (κ2) is 6.13. The third-order valence-electron chi connectivity index (χ3n) is 2.59. The minimum atomic E-state index is 0.0468. The van der Waals surface area contributed by atoms with Crippen molar-refractivity contribution in [2.75, 3.05) is 30.8 Å². The summed E-state index contributed by atoms with van der Waals surface area (Å²) in [6.07, 6.45) is 0.955. The van der Waals surface area contributed by atoms with E-state index in [1.807, 2.05) is 44.0 Å². The van der Waals surface area contributed by atoms with E-state index >= 15 is 0 Å². The summed E-state index contributed by atoms with van der Waals surface area (Å²) in [6.45, 7) is 5.12. The molecule has 0 aromatic heterocycles. The van der Waals surface area contributed by atoms with Crippen molar-refractivity contribution in [2.24, 2.45) is 0 Å². The van der Waals surface area contributed by atoms with Crippen LogP contribution in [-0.2, 0) is 4.79 Å². The van der Waals surface area contributed by atoms with Gasteiger partial charge in [0.15, 0.2) is 0 Å². The number of aryl methyl sites for hydroxylation is 1. The number of anilines is 2. The molecule has 0 aliphatic carbocycles. The highest BCUT2D eigenvalue weighted by molar-refractivity contribution is 5.81. The zero-order valence-corrected chi connectivity index (χ0v) is 10.8. The van der Waals surface area contributed by atoms with Crippen LogP contribution in [0.2, 0.25) is 0 Å². The molecule has 1 rings (SSSR count). The Balaban J connectivity index is 2.63. The normalized spacial score (nSPS) is 10.1. The van der Waals surface area contributed by atoms with Gasteiger partial charge in [0.1, 0.15) is 0 Å². The van der Waals surface area contributed by atoms with Crippen molar-refractivity contribution < 1.29 is 4.79 Å². The molecule has 0 fully saturated rings. The first-order chi connectivity index (χ1) is 8.04. The van der Waals surface area contributed by atoms with Gasteiger partial charge in [0.05, 0.1) is 6.54 Å². The Labute approximate surface area is 103 Å². The molecule has 1 aromatic rings. The molecule has 1 aromatic carbocycles. The van der Waals surface area contributed by atoms with Crippen LogP contribution >= 0.6 is 0 Å². The molecule has 4 nitrogen and oxygen atoms in total. The Morgan fingerprint density at radius 2 is 2.18 bits per heavy atom. The van der Waals surface area contributed by atoms with E-state index in [4.69, 9.17) is 5.73 Å². The van der Waals surface area contributed by atoms with Crippen LogP contribution < -0.4 is 16.0 Å². The summed E-state index contributed by atoms with van der Waals surface area (Å²) in [5.74, 6) is 0.0468. The van der Waals surface area contributed by atoms with Gasteiger partial charge in [0.25, 0.3) is 0 Å². The fourth-order valence-electron chi connectivity index (χ4n) is 1.73. The lowest BCUT2D eigenvalue weighted by molar-refractivity contribution is -0.119. The Morgan fingerprint density at radius 3 is 2.76 bits per heavy atom. The van der Waals surface area contributed by atoms with Crippen molar-refractivity contribution in [1.29, 1.82) is 0 Å². The van der Waals surface area contributed by atoms with Crippen molar-refractivity contribution in [3.8, 4) is 0 Å². The summed E-state index contributed by atoms with van der Waals surface area (Å²) in [4.78, 5) is 13.5. The lowest BCUT2D eigenvalue weighted by Gasteiger charge is -2.21. The minimum Gasteiger partial charge on any atom is -0.399 e. The number of amides is 1. The number of likely N-dealkylation sites (N-methyl/N-ethyl adjacent to an activating group) is 1. The number of hydrogen-bond acceptors (Lipinski definition) is 3. The molecule has 0 saturated carbocycles. The molecule has 4 heteroatoms. The van der Waals surface area contributed by atoms with Crippen LogP contribution in [0.3, 0.4) is 0 Å². The Bertz CT molecular complexity index is 390. The van der Waals surface area contributed by atoms with Gasteiger partial charge in [-0.25, -0.2) is 0 Å². The summed E-state index contributed by atoms with van der Waals surface area (Å²) in [5, 5.41) is 2.86. The summed E-state index contributed by atoms with van der Waals surface area (Å²) < 4.78 is 0. The number of nitrogen functional groups attached to an aromatic ring is 1. The van der Waals surface area contributed by atoms with E-state index in [-0.39, 0.29) is 5.91 Å². The molecule has 0 unspecified atom stereocenters. The number of benzene rings is 1. The maximum atomic E-state index is 11.6. The number of carbonyl (C=O) groups is 1. The highest BCUT2D eigenvalue weighted by Gasteiger charge is 2.08. The van der Waals surface area contributed by atoms with Crippen LogP contribution in [0, 0.1) is 6.92 Å². The van der Waals surface area contributed by atoms with Crippen molar-refractivity contribution in [1.82, 2.24) is 5.32 Å². The van der Waals surface area contributed by atoms with Gasteiger partial charge in [0, 0.05) is 25.0 Å². The van der Waals surface area contributed by atoms with Crippen LogP contribution in [0.5, 0.6) is 0 Å². The molecule has 0 aliphatic heterocycles. The van der Waals surface area contributed by atoms with E-state index < -0.39 is 0 Å². The highest BCUT2D eigenvalue weighted by atomic mass is 16.2.